The van der Waals surface area contributed by atoms with E-state index in [4.69, 9.17) is 5.84 Å². The fraction of sp³-hybridized carbons (Fsp3) is 0.0909. The second kappa shape index (κ2) is 4.16. The molecule has 0 spiro atoms. The van der Waals surface area contributed by atoms with E-state index in [1.54, 1.807) is 6.92 Å². The molecule has 16 heavy (non-hydrogen) atoms. The van der Waals surface area contributed by atoms with Gasteiger partial charge >= 0.3 is 0 Å². The molecule has 5 heteroatoms. The zero-order valence-electron chi connectivity index (χ0n) is 8.82. The highest BCUT2D eigenvalue weighted by atomic mass is 16.2. The normalized spacial score (nSPS) is 10.1. The van der Waals surface area contributed by atoms with Gasteiger partial charge in [0.1, 0.15) is 5.69 Å². The number of hydrogen-bond acceptors (Lipinski definition) is 3. The summed E-state index contributed by atoms with van der Waals surface area (Å²) in [7, 11) is 0. The number of aryl methyl sites for hydroxylation is 1. The molecule has 1 heterocycles. The van der Waals surface area contributed by atoms with Crippen LogP contribution in [0.2, 0.25) is 0 Å². The van der Waals surface area contributed by atoms with E-state index in [2.05, 4.69) is 15.6 Å². The van der Waals surface area contributed by atoms with Gasteiger partial charge in [0, 0.05) is 11.3 Å². The van der Waals surface area contributed by atoms with Crippen molar-refractivity contribution in [2.24, 2.45) is 5.84 Å². The number of hydrogen-bond donors (Lipinski definition) is 3. The zero-order valence-corrected chi connectivity index (χ0v) is 8.82. The molecule has 0 aliphatic carbocycles. The molecule has 1 aromatic heterocycles. The maximum absolute atomic E-state index is 11.6. The number of aromatic nitrogens is 2. The molecule has 2 rings (SSSR count). The summed E-state index contributed by atoms with van der Waals surface area (Å²) in [5, 5.41) is 6.90. The SMILES string of the molecule is Cc1[nH]nc(-c2ccccc2)c1C(=O)NN. The van der Waals surface area contributed by atoms with Crippen LogP contribution in [-0.2, 0) is 0 Å². The van der Waals surface area contributed by atoms with Gasteiger partial charge in [0.05, 0.1) is 5.56 Å². The van der Waals surface area contributed by atoms with Crippen LogP contribution in [0.15, 0.2) is 30.3 Å². The van der Waals surface area contributed by atoms with Crippen LogP contribution < -0.4 is 11.3 Å². The van der Waals surface area contributed by atoms with Crippen molar-refractivity contribution in [2.45, 2.75) is 6.92 Å². The summed E-state index contributed by atoms with van der Waals surface area (Å²) in [5.41, 5.74) is 4.79. The van der Waals surface area contributed by atoms with Crippen molar-refractivity contribution in [3.8, 4) is 11.3 Å². The Bertz CT molecular complexity index is 504. The van der Waals surface area contributed by atoms with Gasteiger partial charge in [0.2, 0.25) is 0 Å². The van der Waals surface area contributed by atoms with E-state index in [9.17, 15) is 4.79 Å². The van der Waals surface area contributed by atoms with Gasteiger partial charge in [-0.25, -0.2) is 5.84 Å². The number of hydrazine groups is 1. The first-order chi connectivity index (χ1) is 7.74. The molecule has 0 saturated heterocycles. The van der Waals surface area contributed by atoms with Crippen molar-refractivity contribution in [2.75, 3.05) is 0 Å². The first kappa shape index (κ1) is 10.4. The minimum atomic E-state index is -0.342. The summed E-state index contributed by atoms with van der Waals surface area (Å²) in [5.74, 6) is 4.80. The van der Waals surface area contributed by atoms with Gasteiger partial charge in [-0.1, -0.05) is 30.3 Å². The van der Waals surface area contributed by atoms with Crippen LogP contribution in [0, 0.1) is 6.92 Å². The van der Waals surface area contributed by atoms with E-state index < -0.39 is 0 Å². The third-order valence-corrected chi connectivity index (χ3v) is 2.35. The summed E-state index contributed by atoms with van der Waals surface area (Å²) in [6.07, 6.45) is 0. The van der Waals surface area contributed by atoms with E-state index in [1.807, 2.05) is 30.3 Å². The van der Waals surface area contributed by atoms with Crippen LogP contribution in [0.1, 0.15) is 16.1 Å². The molecule has 0 aliphatic heterocycles. The van der Waals surface area contributed by atoms with Crippen molar-refractivity contribution < 1.29 is 4.79 Å². The first-order valence-electron chi connectivity index (χ1n) is 4.85. The van der Waals surface area contributed by atoms with Crippen molar-refractivity contribution in [1.82, 2.24) is 15.6 Å². The molecular formula is C11H12N4O. The van der Waals surface area contributed by atoms with Crippen molar-refractivity contribution in [3.05, 3.63) is 41.6 Å². The monoisotopic (exact) mass is 216 g/mol. The zero-order chi connectivity index (χ0) is 11.5. The second-order valence-electron chi connectivity index (χ2n) is 3.41. The lowest BCUT2D eigenvalue weighted by molar-refractivity contribution is 0.0954. The Morgan fingerprint density at radius 3 is 2.69 bits per heavy atom. The van der Waals surface area contributed by atoms with Crippen molar-refractivity contribution in [3.63, 3.8) is 0 Å². The summed E-state index contributed by atoms with van der Waals surface area (Å²) < 4.78 is 0. The topological polar surface area (TPSA) is 83.8 Å². The molecule has 0 unspecified atom stereocenters. The largest absolute Gasteiger partial charge is 0.290 e. The van der Waals surface area contributed by atoms with Gasteiger partial charge in [-0.3, -0.25) is 15.3 Å². The third-order valence-electron chi connectivity index (χ3n) is 2.35. The predicted octanol–water partition coefficient (Wildman–Crippen LogP) is 0.989. The molecule has 0 radical (unpaired) electrons. The lowest BCUT2D eigenvalue weighted by atomic mass is 10.1. The number of nitrogen functional groups attached to an aromatic ring is 1. The van der Waals surface area contributed by atoms with E-state index in [1.165, 1.54) is 0 Å². The smallest absolute Gasteiger partial charge is 0.269 e. The Hall–Kier alpha value is -2.14. The number of nitrogens with zero attached hydrogens (tertiary/aromatic N) is 1. The quantitative estimate of drug-likeness (QED) is 0.397. The Balaban J connectivity index is 2.55. The molecule has 0 aliphatic rings. The molecule has 0 saturated carbocycles. The number of carbonyl (C=O) groups is 1. The van der Waals surface area contributed by atoms with Gasteiger partial charge in [-0.05, 0) is 6.92 Å². The molecule has 82 valence electrons. The summed E-state index contributed by atoms with van der Waals surface area (Å²) in [4.78, 5) is 11.6. The van der Waals surface area contributed by atoms with Crippen LogP contribution in [0.4, 0.5) is 0 Å². The minimum Gasteiger partial charge on any atom is -0.290 e. The highest BCUT2D eigenvalue weighted by Crippen LogP contribution is 2.22. The molecule has 0 atom stereocenters. The van der Waals surface area contributed by atoms with Crippen molar-refractivity contribution >= 4 is 5.91 Å². The number of benzene rings is 1. The fourth-order valence-corrected chi connectivity index (χ4v) is 1.58. The Morgan fingerprint density at radius 1 is 1.38 bits per heavy atom. The van der Waals surface area contributed by atoms with Crippen LogP contribution in [0.5, 0.6) is 0 Å². The minimum absolute atomic E-state index is 0.342. The number of aromatic amines is 1. The predicted molar refractivity (Wildman–Crippen MR) is 60.4 cm³/mol. The summed E-state index contributed by atoms with van der Waals surface area (Å²) in [6, 6.07) is 9.48. The first-order valence-corrected chi connectivity index (χ1v) is 4.85. The Morgan fingerprint density at radius 2 is 2.06 bits per heavy atom. The lowest BCUT2D eigenvalue weighted by Crippen LogP contribution is -2.30. The maximum atomic E-state index is 11.6. The van der Waals surface area contributed by atoms with Crippen LogP contribution >= 0.6 is 0 Å². The number of rotatable bonds is 2. The molecule has 1 aromatic carbocycles. The van der Waals surface area contributed by atoms with Crippen LogP contribution in [0.25, 0.3) is 11.3 Å². The molecule has 5 nitrogen and oxygen atoms in total. The van der Waals surface area contributed by atoms with Gasteiger partial charge in [-0.15, -0.1) is 0 Å². The standard InChI is InChI=1S/C11H12N4O/c1-7-9(11(16)13-12)10(15-14-7)8-5-3-2-4-6-8/h2-6H,12H2,1H3,(H,13,16)(H,14,15). The van der Waals surface area contributed by atoms with Gasteiger partial charge < -0.3 is 0 Å². The third kappa shape index (κ3) is 1.68. The van der Waals surface area contributed by atoms with E-state index >= 15 is 0 Å². The van der Waals surface area contributed by atoms with Gasteiger partial charge in [0.15, 0.2) is 0 Å². The molecule has 1 amide bonds. The second-order valence-corrected chi connectivity index (χ2v) is 3.41. The molecule has 2 aromatic rings. The fourth-order valence-electron chi connectivity index (χ4n) is 1.58. The Labute approximate surface area is 92.6 Å². The highest BCUT2D eigenvalue weighted by Gasteiger charge is 2.17. The van der Waals surface area contributed by atoms with Gasteiger partial charge in [-0.2, -0.15) is 5.10 Å². The van der Waals surface area contributed by atoms with Crippen LogP contribution in [-0.4, -0.2) is 16.1 Å². The summed E-state index contributed by atoms with van der Waals surface area (Å²) in [6.45, 7) is 1.78. The number of nitrogens with two attached hydrogens (primary N) is 1. The van der Waals surface area contributed by atoms with E-state index in [0.29, 0.717) is 17.0 Å². The van der Waals surface area contributed by atoms with Gasteiger partial charge in [0.25, 0.3) is 5.91 Å². The molecular weight excluding hydrogens is 204 g/mol. The number of nitrogens with one attached hydrogen (secondary N) is 2. The molecule has 0 bridgehead atoms. The summed E-state index contributed by atoms with van der Waals surface area (Å²) >= 11 is 0. The van der Waals surface area contributed by atoms with Crippen molar-refractivity contribution in [1.29, 1.82) is 0 Å². The number of carbonyl (C=O) groups excluding carboxylic acids is 1. The lowest BCUT2D eigenvalue weighted by Gasteiger charge is -2.01. The average molecular weight is 216 g/mol. The van der Waals surface area contributed by atoms with E-state index in [-0.39, 0.29) is 5.91 Å². The Kier molecular flexibility index (Phi) is 2.70. The highest BCUT2D eigenvalue weighted by molar-refractivity contribution is 6.00. The van der Waals surface area contributed by atoms with E-state index in [0.717, 1.165) is 5.56 Å². The maximum Gasteiger partial charge on any atom is 0.269 e. The van der Waals surface area contributed by atoms with Crippen LogP contribution in [0.3, 0.4) is 0 Å². The molecule has 0 fully saturated rings. The number of H-pyrrole nitrogens is 1. The number of amides is 1. The molecule has 4 N–H and O–H groups in total. The average Bonchev–Trinajstić information content (AvgIpc) is 2.71.